The molecule has 1 fully saturated rings. The third-order valence-corrected chi connectivity index (χ3v) is 4.20. The monoisotopic (exact) mass is 288 g/mol. The van der Waals surface area contributed by atoms with Gasteiger partial charge in [0.05, 0.1) is 18.8 Å². The van der Waals surface area contributed by atoms with E-state index >= 15 is 0 Å². The second-order valence-electron chi connectivity index (χ2n) is 6.57. The van der Waals surface area contributed by atoms with Crippen molar-refractivity contribution in [1.29, 1.82) is 0 Å². The molecule has 2 N–H and O–H groups in total. The maximum absolute atomic E-state index is 9.69. The molecule has 5 nitrogen and oxygen atoms in total. The van der Waals surface area contributed by atoms with Gasteiger partial charge in [0.15, 0.2) is 0 Å². The van der Waals surface area contributed by atoms with Crippen molar-refractivity contribution in [2.24, 2.45) is 0 Å². The van der Waals surface area contributed by atoms with E-state index in [0.29, 0.717) is 12.1 Å². The summed E-state index contributed by atoms with van der Waals surface area (Å²) in [6.45, 7) is 10.4. The van der Waals surface area contributed by atoms with Crippen LogP contribution >= 0.6 is 0 Å². The van der Waals surface area contributed by atoms with E-state index in [9.17, 15) is 5.11 Å². The van der Waals surface area contributed by atoms with Crippen LogP contribution in [0.2, 0.25) is 0 Å². The van der Waals surface area contributed by atoms with Crippen molar-refractivity contribution in [2.45, 2.75) is 63.9 Å². The van der Waals surface area contributed by atoms with E-state index in [1.807, 2.05) is 0 Å². The third kappa shape index (κ3) is 4.67. The average molecular weight is 288 g/mol. The van der Waals surface area contributed by atoms with Crippen LogP contribution in [0.5, 0.6) is 0 Å². The molecule has 0 saturated carbocycles. The lowest BCUT2D eigenvalue weighted by Crippen LogP contribution is -2.52. The number of methoxy groups -OCH3 is 2. The third-order valence-electron chi connectivity index (χ3n) is 4.20. The number of hydrogen-bond acceptors (Lipinski definition) is 5. The first-order chi connectivity index (χ1) is 9.35. The van der Waals surface area contributed by atoms with E-state index < -0.39 is 0 Å². The van der Waals surface area contributed by atoms with Crippen LogP contribution in [-0.4, -0.2) is 73.8 Å². The van der Waals surface area contributed by atoms with Crippen LogP contribution in [0.3, 0.4) is 0 Å². The van der Waals surface area contributed by atoms with Crippen molar-refractivity contribution in [3.63, 3.8) is 0 Å². The molecule has 4 atom stereocenters. The molecule has 0 aliphatic carbocycles. The lowest BCUT2D eigenvalue weighted by Gasteiger charge is -2.36. The smallest absolute Gasteiger partial charge is 0.0971 e. The number of aliphatic hydroxyl groups is 1. The Kier molecular flexibility index (Phi) is 6.88. The summed E-state index contributed by atoms with van der Waals surface area (Å²) < 4.78 is 11.0. The van der Waals surface area contributed by atoms with E-state index in [0.717, 1.165) is 19.5 Å². The zero-order valence-corrected chi connectivity index (χ0v) is 13.8. The number of hydrogen-bond donors (Lipinski definition) is 2. The number of aliphatic hydroxyl groups excluding tert-OH is 1. The minimum Gasteiger partial charge on any atom is -0.394 e. The molecule has 0 bridgehead atoms. The molecular formula is C15H32N2O3. The Morgan fingerprint density at radius 1 is 1.20 bits per heavy atom. The second-order valence-corrected chi connectivity index (χ2v) is 6.57. The molecule has 1 rings (SSSR count). The zero-order valence-electron chi connectivity index (χ0n) is 13.8. The van der Waals surface area contributed by atoms with Crippen LogP contribution in [0, 0.1) is 0 Å². The number of nitrogens with zero attached hydrogens (tertiary/aromatic N) is 1. The normalized spacial score (nSPS) is 28.8. The summed E-state index contributed by atoms with van der Waals surface area (Å²) in [5, 5.41) is 13.2. The van der Waals surface area contributed by atoms with Crippen molar-refractivity contribution in [3.05, 3.63) is 0 Å². The molecule has 1 aliphatic rings. The summed E-state index contributed by atoms with van der Waals surface area (Å²) in [5.41, 5.74) is -0.249. The molecule has 1 heterocycles. The molecule has 0 aromatic rings. The quantitative estimate of drug-likeness (QED) is 0.694. The minimum absolute atomic E-state index is 0.140. The Morgan fingerprint density at radius 3 is 2.05 bits per heavy atom. The largest absolute Gasteiger partial charge is 0.394 e. The maximum atomic E-state index is 9.69. The van der Waals surface area contributed by atoms with Gasteiger partial charge >= 0.3 is 0 Å². The van der Waals surface area contributed by atoms with Crippen molar-refractivity contribution in [2.75, 3.05) is 33.9 Å². The molecule has 20 heavy (non-hydrogen) atoms. The van der Waals surface area contributed by atoms with Crippen molar-refractivity contribution in [3.8, 4) is 0 Å². The van der Waals surface area contributed by atoms with Gasteiger partial charge in [0, 0.05) is 44.9 Å². The number of ether oxygens (including phenoxy) is 2. The summed E-state index contributed by atoms with van der Waals surface area (Å²) in [7, 11) is 3.48. The fourth-order valence-electron chi connectivity index (χ4n) is 3.23. The van der Waals surface area contributed by atoms with Gasteiger partial charge in [-0.2, -0.15) is 0 Å². The maximum Gasteiger partial charge on any atom is 0.0971 e. The Balaban J connectivity index is 2.59. The van der Waals surface area contributed by atoms with Crippen LogP contribution in [0.25, 0.3) is 0 Å². The first-order valence-corrected chi connectivity index (χ1v) is 7.53. The number of rotatable bonds is 8. The van der Waals surface area contributed by atoms with Crippen LogP contribution < -0.4 is 5.32 Å². The van der Waals surface area contributed by atoms with Crippen LogP contribution in [-0.2, 0) is 9.47 Å². The summed E-state index contributed by atoms with van der Waals surface area (Å²) in [6.07, 6.45) is 1.18. The zero-order chi connectivity index (χ0) is 15.3. The lowest BCUT2D eigenvalue weighted by molar-refractivity contribution is -0.00461. The highest BCUT2D eigenvalue weighted by atomic mass is 16.5. The summed E-state index contributed by atoms with van der Waals surface area (Å²) in [6, 6.07) is 0.729. The van der Waals surface area contributed by atoms with Crippen molar-refractivity contribution in [1.82, 2.24) is 10.2 Å². The molecule has 0 aromatic heterocycles. The fourth-order valence-corrected chi connectivity index (χ4v) is 3.23. The predicted octanol–water partition coefficient (Wildman–Crippen LogP) is 0.860. The molecule has 5 heteroatoms. The van der Waals surface area contributed by atoms with Gasteiger partial charge in [0.1, 0.15) is 0 Å². The molecule has 0 radical (unpaired) electrons. The average Bonchev–Trinajstić information content (AvgIpc) is 2.81. The molecule has 1 saturated heterocycles. The Bertz CT molecular complexity index is 276. The van der Waals surface area contributed by atoms with E-state index in [1.54, 1.807) is 14.2 Å². The van der Waals surface area contributed by atoms with Crippen LogP contribution in [0.1, 0.15) is 34.1 Å². The molecule has 0 spiro atoms. The molecule has 0 aromatic carbocycles. The van der Waals surface area contributed by atoms with E-state index in [1.165, 1.54) is 0 Å². The lowest BCUT2D eigenvalue weighted by atomic mass is 9.93. The van der Waals surface area contributed by atoms with Gasteiger partial charge in [-0.3, -0.25) is 4.90 Å². The van der Waals surface area contributed by atoms with Crippen LogP contribution in [0.4, 0.5) is 0 Å². The van der Waals surface area contributed by atoms with E-state index in [2.05, 4.69) is 37.9 Å². The summed E-state index contributed by atoms with van der Waals surface area (Å²) >= 11 is 0. The van der Waals surface area contributed by atoms with Gasteiger partial charge < -0.3 is 19.9 Å². The summed E-state index contributed by atoms with van der Waals surface area (Å²) in [5.74, 6) is 0. The van der Waals surface area contributed by atoms with E-state index in [-0.39, 0.29) is 24.4 Å². The molecule has 120 valence electrons. The topological polar surface area (TPSA) is 54.0 Å². The molecule has 0 amide bonds. The fraction of sp³-hybridized carbons (Fsp3) is 1.00. The van der Waals surface area contributed by atoms with Gasteiger partial charge in [-0.15, -0.1) is 0 Å². The number of likely N-dealkylation sites (tertiary alicyclic amines) is 1. The first-order valence-electron chi connectivity index (χ1n) is 7.53. The Hall–Kier alpha value is -0.200. The summed E-state index contributed by atoms with van der Waals surface area (Å²) in [4.78, 5) is 2.39. The highest BCUT2D eigenvalue weighted by Gasteiger charge is 2.37. The van der Waals surface area contributed by atoms with Gasteiger partial charge in [-0.1, -0.05) is 13.8 Å². The van der Waals surface area contributed by atoms with Gasteiger partial charge in [-0.25, -0.2) is 0 Å². The Morgan fingerprint density at radius 2 is 1.70 bits per heavy atom. The minimum atomic E-state index is -0.249. The molecule has 4 unspecified atom stereocenters. The predicted molar refractivity (Wildman–Crippen MR) is 81.0 cm³/mol. The Labute approximate surface area is 123 Å². The highest BCUT2D eigenvalue weighted by Crippen LogP contribution is 2.23. The SMILES string of the molecule is COC1CN(C(C)CC(C)(CO)NC(C)C)CC1OC. The first kappa shape index (κ1) is 17.9. The van der Waals surface area contributed by atoms with E-state index in [4.69, 9.17) is 9.47 Å². The van der Waals surface area contributed by atoms with Crippen molar-refractivity contribution < 1.29 is 14.6 Å². The molecular weight excluding hydrogens is 256 g/mol. The second kappa shape index (κ2) is 7.71. The van der Waals surface area contributed by atoms with Gasteiger partial charge in [-0.05, 0) is 20.3 Å². The highest BCUT2D eigenvalue weighted by molar-refractivity contribution is 4.93. The standard InChI is InChI=1S/C15H32N2O3/c1-11(2)16-15(4,10-18)7-12(3)17-8-13(19-5)14(9-17)20-6/h11-14,16,18H,7-10H2,1-6H3. The van der Waals surface area contributed by atoms with Crippen LogP contribution in [0.15, 0.2) is 0 Å². The molecule has 1 aliphatic heterocycles. The van der Waals surface area contributed by atoms with Crippen molar-refractivity contribution >= 4 is 0 Å². The van der Waals surface area contributed by atoms with Gasteiger partial charge in [0.2, 0.25) is 0 Å². The van der Waals surface area contributed by atoms with Gasteiger partial charge in [0.25, 0.3) is 0 Å². The number of nitrogens with one attached hydrogen (secondary N) is 1.